The number of fused-ring (bicyclic) bond motifs is 1. The minimum atomic E-state index is -3.79. The first-order chi connectivity index (χ1) is 13.4. The van der Waals surface area contributed by atoms with E-state index in [-0.39, 0.29) is 17.0 Å². The number of carbonyl (C=O) groups is 1. The first-order valence-electron chi connectivity index (χ1n) is 8.58. The van der Waals surface area contributed by atoms with Gasteiger partial charge < -0.3 is 4.42 Å². The third-order valence-corrected chi connectivity index (χ3v) is 7.23. The van der Waals surface area contributed by atoms with Crippen LogP contribution in [0.5, 0.6) is 0 Å². The second kappa shape index (κ2) is 7.06. The van der Waals surface area contributed by atoms with Gasteiger partial charge in [0, 0.05) is 17.9 Å². The SMILES string of the molecule is Cc1ccc(-c2nnc(SCCN3C(=O)c4ccccc4S3(=O)=O)o2)cc1C. The summed E-state index contributed by atoms with van der Waals surface area (Å²) in [6.07, 6.45) is 0. The molecular weight excluding hydrogens is 398 g/mol. The quantitative estimate of drug-likeness (QED) is 0.590. The first-order valence-corrected chi connectivity index (χ1v) is 11.0. The van der Waals surface area contributed by atoms with Crippen molar-refractivity contribution in [2.45, 2.75) is 24.0 Å². The molecule has 0 N–H and O–H groups in total. The van der Waals surface area contributed by atoms with Gasteiger partial charge in [-0.05, 0) is 49.2 Å². The van der Waals surface area contributed by atoms with E-state index in [9.17, 15) is 13.2 Å². The van der Waals surface area contributed by atoms with Gasteiger partial charge in [0.2, 0.25) is 5.89 Å². The highest BCUT2D eigenvalue weighted by atomic mass is 32.2. The van der Waals surface area contributed by atoms with Crippen molar-refractivity contribution in [2.24, 2.45) is 0 Å². The Labute approximate surface area is 166 Å². The zero-order chi connectivity index (χ0) is 19.9. The lowest BCUT2D eigenvalue weighted by Crippen LogP contribution is -2.32. The van der Waals surface area contributed by atoms with Crippen molar-refractivity contribution in [3.63, 3.8) is 0 Å². The monoisotopic (exact) mass is 415 g/mol. The smallest absolute Gasteiger partial charge is 0.276 e. The molecule has 3 aromatic rings. The Morgan fingerprint density at radius 2 is 1.86 bits per heavy atom. The van der Waals surface area contributed by atoms with Gasteiger partial charge in [-0.25, -0.2) is 12.7 Å². The molecule has 0 aliphatic carbocycles. The van der Waals surface area contributed by atoms with Crippen LogP contribution in [0.15, 0.2) is 57.0 Å². The number of hydrogen-bond donors (Lipinski definition) is 0. The normalized spacial score (nSPS) is 15.1. The summed E-state index contributed by atoms with van der Waals surface area (Å²) >= 11 is 1.21. The van der Waals surface area contributed by atoms with Crippen LogP contribution in [-0.4, -0.2) is 41.1 Å². The van der Waals surface area contributed by atoms with Crippen molar-refractivity contribution in [3.05, 3.63) is 59.2 Å². The zero-order valence-corrected chi connectivity index (χ0v) is 16.9. The number of benzene rings is 2. The molecule has 0 atom stereocenters. The highest BCUT2D eigenvalue weighted by Gasteiger charge is 2.40. The maximum absolute atomic E-state index is 12.5. The molecule has 0 fully saturated rings. The molecule has 2 aromatic carbocycles. The van der Waals surface area contributed by atoms with E-state index in [1.165, 1.54) is 29.5 Å². The topological polar surface area (TPSA) is 93.4 Å². The Hall–Kier alpha value is -2.65. The van der Waals surface area contributed by atoms with Crippen LogP contribution in [0.2, 0.25) is 0 Å². The van der Waals surface area contributed by atoms with Crippen LogP contribution < -0.4 is 0 Å². The standard InChI is InChI=1S/C19H17N3O4S2/c1-12-7-8-14(11-13(12)2)17-20-21-19(26-17)27-10-9-22-18(23)15-5-3-4-6-16(15)28(22,24)25/h3-8,11H,9-10H2,1-2H3. The van der Waals surface area contributed by atoms with E-state index >= 15 is 0 Å². The van der Waals surface area contributed by atoms with E-state index in [0.29, 0.717) is 16.9 Å². The van der Waals surface area contributed by atoms with Gasteiger partial charge in [-0.15, -0.1) is 10.2 Å². The van der Waals surface area contributed by atoms with Crippen molar-refractivity contribution in [1.29, 1.82) is 0 Å². The summed E-state index contributed by atoms with van der Waals surface area (Å²) in [5, 5.41) is 8.37. The third kappa shape index (κ3) is 3.20. The summed E-state index contributed by atoms with van der Waals surface area (Å²) in [7, 11) is -3.79. The van der Waals surface area contributed by atoms with Crippen LogP contribution >= 0.6 is 11.8 Å². The molecule has 4 rings (SSSR count). The summed E-state index contributed by atoms with van der Waals surface area (Å²) in [6, 6.07) is 12.1. The highest BCUT2D eigenvalue weighted by Crippen LogP contribution is 2.31. The summed E-state index contributed by atoms with van der Waals surface area (Å²) in [4.78, 5) is 12.4. The lowest BCUT2D eigenvalue weighted by molar-refractivity contribution is 0.0876. The Morgan fingerprint density at radius 1 is 1.07 bits per heavy atom. The van der Waals surface area contributed by atoms with E-state index in [1.54, 1.807) is 12.1 Å². The summed E-state index contributed by atoms with van der Waals surface area (Å²) in [6.45, 7) is 4.07. The van der Waals surface area contributed by atoms with E-state index in [0.717, 1.165) is 15.4 Å². The Bertz CT molecular complexity index is 1170. The summed E-state index contributed by atoms with van der Waals surface area (Å²) < 4.78 is 31.6. The second-order valence-electron chi connectivity index (χ2n) is 6.40. The Balaban J connectivity index is 1.43. The molecular formula is C19H17N3O4S2. The molecule has 9 heteroatoms. The molecule has 0 saturated carbocycles. The molecule has 28 heavy (non-hydrogen) atoms. The van der Waals surface area contributed by atoms with Crippen LogP contribution in [0.25, 0.3) is 11.5 Å². The van der Waals surface area contributed by atoms with Gasteiger partial charge in [0.05, 0.1) is 5.56 Å². The van der Waals surface area contributed by atoms with Crippen LogP contribution in [0.1, 0.15) is 21.5 Å². The predicted octanol–water partition coefficient (Wildman–Crippen LogP) is 3.29. The highest BCUT2D eigenvalue weighted by molar-refractivity contribution is 7.99. The predicted molar refractivity (Wildman–Crippen MR) is 105 cm³/mol. The number of sulfonamides is 1. The summed E-state index contributed by atoms with van der Waals surface area (Å²) in [5.41, 5.74) is 3.34. The minimum absolute atomic E-state index is 0.0296. The van der Waals surface area contributed by atoms with Crippen molar-refractivity contribution >= 4 is 27.7 Å². The van der Waals surface area contributed by atoms with Crippen LogP contribution in [0, 0.1) is 13.8 Å². The molecule has 1 aliphatic heterocycles. The molecule has 0 spiro atoms. The molecule has 0 radical (unpaired) electrons. The van der Waals surface area contributed by atoms with Gasteiger partial charge in [-0.3, -0.25) is 4.79 Å². The zero-order valence-electron chi connectivity index (χ0n) is 15.2. The fraction of sp³-hybridized carbons (Fsp3) is 0.211. The fourth-order valence-corrected chi connectivity index (χ4v) is 5.30. The average Bonchev–Trinajstić information content (AvgIpc) is 3.22. The number of nitrogens with zero attached hydrogens (tertiary/aromatic N) is 3. The number of amides is 1. The third-order valence-electron chi connectivity index (χ3n) is 4.59. The van der Waals surface area contributed by atoms with E-state index in [4.69, 9.17) is 4.42 Å². The number of carbonyl (C=O) groups excluding carboxylic acids is 1. The number of rotatable bonds is 5. The number of aromatic nitrogens is 2. The maximum atomic E-state index is 12.5. The lowest BCUT2D eigenvalue weighted by atomic mass is 10.1. The second-order valence-corrected chi connectivity index (χ2v) is 9.28. The van der Waals surface area contributed by atoms with Gasteiger partial charge in [0.15, 0.2) is 0 Å². The van der Waals surface area contributed by atoms with E-state index in [1.807, 2.05) is 32.0 Å². The molecule has 1 aromatic heterocycles. The molecule has 1 amide bonds. The largest absolute Gasteiger partial charge is 0.411 e. The van der Waals surface area contributed by atoms with Crippen LogP contribution in [0.3, 0.4) is 0 Å². The van der Waals surface area contributed by atoms with Gasteiger partial charge in [-0.2, -0.15) is 0 Å². The molecule has 2 heterocycles. The average molecular weight is 415 g/mol. The maximum Gasteiger partial charge on any atom is 0.276 e. The lowest BCUT2D eigenvalue weighted by Gasteiger charge is -2.13. The number of hydrogen-bond acceptors (Lipinski definition) is 7. The van der Waals surface area contributed by atoms with Crippen molar-refractivity contribution < 1.29 is 17.6 Å². The molecule has 144 valence electrons. The van der Waals surface area contributed by atoms with Gasteiger partial charge in [0.1, 0.15) is 4.90 Å². The summed E-state index contributed by atoms with van der Waals surface area (Å²) in [5.74, 6) is 0.216. The van der Waals surface area contributed by atoms with E-state index < -0.39 is 15.9 Å². The van der Waals surface area contributed by atoms with Crippen molar-refractivity contribution in [1.82, 2.24) is 14.5 Å². The van der Waals surface area contributed by atoms with Crippen LogP contribution in [-0.2, 0) is 10.0 Å². The van der Waals surface area contributed by atoms with E-state index in [2.05, 4.69) is 10.2 Å². The minimum Gasteiger partial charge on any atom is -0.411 e. The van der Waals surface area contributed by atoms with Crippen molar-refractivity contribution in [2.75, 3.05) is 12.3 Å². The van der Waals surface area contributed by atoms with Gasteiger partial charge in [-0.1, -0.05) is 30.0 Å². The molecule has 7 nitrogen and oxygen atoms in total. The fourth-order valence-electron chi connectivity index (χ4n) is 2.93. The van der Waals surface area contributed by atoms with Crippen molar-refractivity contribution in [3.8, 4) is 11.5 Å². The van der Waals surface area contributed by atoms with Crippen LogP contribution in [0.4, 0.5) is 0 Å². The first kappa shape index (κ1) is 18.7. The molecule has 0 saturated heterocycles. The number of aryl methyl sites for hydroxylation is 2. The van der Waals surface area contributed by atoms with Gasteiger partial charge in [0.25, 0.3) is 21.2 Å². The molecule has 0 unspecified atom stereocenters. The van der Waals surface area contributed by atoms with Gasteiger partial charge >= 0.3 is 0 Å². The molecule has 1 aliphatic rings. The molecule has 0 bridgehead atoms. The Kier molecular flexibility index (Phi) is 4.72. The Morgan fingerprint density at radius 3 is 2.61 bits per heavy atom. The number of thioether (sulfide) groups is 1.